The molecule has 0 aliphatic heterocycles. The third-order valence-corrected chi connectivity index (χ3v) is 19.0. The standard InChI is InChI=1S/C28H28P2.C20H12N.C20H16N.2Au/c1-5-15-25(16-6-1)29(26-17-7-2-8-18-26)23-13-14-24-30(27-19-9-3-10-20-27)28-21-11-4-12-22-28;1-2-15-12-13-20-18(14-15)17-10-6-7-11-19(17)21(20)16-8-4-3-5-9-16;1-4-15(2)14-19-16(3)21(17-10-6-5-7-11-17)20-13-9-8-12-18(19)20;;/h1-12,15-22H,13-14,23-24H2;3-14H;5-14H,2-3H3;;/q;2*-1;2*+1/p+2/b;;15-14+;;. The van der Waals surface area contributed by atoms with Crippen molar-refractivity contribution >= 4 is 75.8 Å². The Hall–Kier alpha value is -6.48. The summed E-state index contributed by atoms with van der Waals surface area (Å²) < 4.78 is 4.52. The minimum absolute atomic E-state index is 0. The first-order valence-corrected chi connectivity index (χ1v) is 28.1. The zero-order chi connectivity index (χ0) is 49.5. The van der Waals surface area contributed by atoms with Gasteiger partial charge in [0.1, 0.15) is 0 Å². The van der Waals surface area contributed by atoms with Crippen LogP contribution in [0.15, 0.2) is 254 Å². The van der Waals surface area contributed by atoms with Crippen molar-refractivity contribution in [3.63, 3.8) is 0 Å². The maximum Gasteiger partial charge on any atom is 1.00 e. The van der Waals surface area contributed by atoms with E-state index in [4.69, 9.17) is 12.8 Å². The minimum Gasteiger partial charge on any atom is -0.366 e. The van der Waals surface area contributed by atoms with Gasteiger partial charge in [-0.1, -0.05) is 159 Å². The molecule has 2 nitrogen and oxygen atoms in total. The molecule has 370 valence electrons. The first-order valence-electron chi connectivity index (χ1n) is 24.7. The number of hydrogen-bond donors (Lipinski definition) is 0. The Bertz CT molecular complexity index is 3450. The molecule has 74 heavy (non-hydrogen) atoms. The van der Waals surface area contributed by atoms with Gasteiger partial charge in [-0.2, -0.15) is 5.57 Å². The Morgan fingerprint density at radius 3 is 1.23 bits per heavy atom. The fourth-order valence-electron chi connectivity index (χ4n) is 9.71. The van der Waals surface area contributed by atoms with Gasteiger partial charge in [0.05, 0.1) is 65.9 Å². The van der Waals surface area contributed by atoms with Crippen LogP contribution in [0.5, 0.6) is 0 Å². The summed E-state index contributed by atoms with van der Waals surface area (Å²) in [6.45, 7) is 4.02. The van der Waals surface area contributed by atoms with E-state index in [1.165, 1.54) is 73.9 Å². The van der Waals surface area contributed by atoms with E-state index in [1.54, 1.807) is 0 Å². The van der Waals surface area contributed by atoms with Crippen molar-refractivity contribution in [2.45, 2.75) is 26.7 Å². The van der Waals surface area contributed by atoms with Crippen LogP contribution in [0, 0.1) is 31.6 Å². The van der Waals surface area contributed by atoms with Gasteiger partial charge >= 0.3 is 44.8 Å². The maximum absolute atomic E-state index is 7.34. The van der Waals surface area contributed by atoms with E-state index < -0.39 is 15.8 Å². The molecule has 0 aliphatic rings. The molecule has 11 rings (SSSR count). The number of aromatic nitrogens is 2. The summed E-state index contributed by atoms with van der Waals surface area (Å²) in [5, 5.41) is 9.69. The molecule has 2 heterocycles. The van der Waals surface area contributed by atoms with Gasteiger partial charge in [-0.15, -0.1) is 23.8 Å². The van der Waals surface area contributed by atoms with Crippen LogP contribution in [0.25, 0.3) is 50.2 Å². The zero-order valence-corrected chi connectivity index (χ0v) is 47.9. The van der Waals surface area contributed by atoms with Gasteiger partial charge in [0.15, 0.2) is 0 Å². The van der Waals surface area contributed by atoms with Gasteiger partial charge in [-0.3, -0.25) is 11.8 Å². The fourth-order valence-corrected chi connectivity index (χ4v) is 15.1. The summed E-state index contributed by atoms with van der Waals surface area (Å²) in [6, 6.07) is 88.1. The Balaban J connectivity index is 0.000000164. The number of benzene rings is 9. The normalized spacial score (nSPS) is 10.9. The summed E-state index contributed by atoms with van der Waals surface area (Å²) in [5.41, 5.74) is 9.79. The first kappa shape index (κ1) is 55.3. The number of allylic oxidation sites excluding steroid dienone is 1. The molecule has 0 radical (unpaired) electrons. The zero-order valence-electron chi connectivity index (χ0n) is 41.6. The number of unbranched alkanes of at least 4 members (excludes halogenated alkanes) is 1. The van der Waals surface area contributed by atoms with Crippen molar-refractivity contribution in [3.8, 4) is 23.2 Å². The third kappa shape index (κ3) is 13.2. The van der Waals surface area contributed by atoms with E-state index in [1.807, 2.05) is 37.3 Å². The molecule has 0 saturated carbocycles. The predicted octanol–water partition coefficient (Wildman–Crippen LogP) is 15.1. The quantitative estimate of drug-likeness (QED) is 0.0379. The van der Waals surface area contributed by atoms with Crippen LogP contribution < -0.4 is 21.2 Å². The Kier molecular flexibility index (Phi) is 20.7. The summed E-state index contributed by atoms with van der Waals surface area (Å²) in [5.74, 6) is 4.93. The van der Waals surface area contributed by atoms with E-state index in [0.717, 1.165) is 39.0 Å². The molecule has 0 atom stereocenters. The smallest absolute Gasteiger partial charge is 0.366 e. The second kappa shape index (κ2) is 27.7. The molecule has 0 amide bonds. The third-order valence-electron chi connectivity index (χ3n) is 13.2. The van der Waals surface area contributed by atoms with Crippen molar-refractivity contribution in [2.24, 2.45) is 0 Å². The largest absolute Gasteiger partial charge is 1.00 e. The SMILES string of the molecule is [Au+].[Au+].[C-]#C/C(C)=C/c1c(C)n(-c2ccccc2)c2ccccc12.[C-]#Cc1ccc2c(c1)c1ccccc1n2-c1ccccc1.c1ccc([PH+](CCCC[PH+](c2ccccc2)c2ccccc2)c2ccccc2)cc1. The van der Waals surface area contributed by atoms with Crippen LogP contribution in [0.2, 0.25) is 0 Å². The van der Waals surface area contributed by atoms with E-state index >= 15 is 0 Å². The molecule has 0 bridgehead atoms. The fraction of sp³-hybridized carbons (Fsp3) is 0.0882. The average Bonchev–Trinajstić information content (AvgIpc) is 3.93. The Morgan fingerprint density at radius 1 is 0.432 bits per heavy atom. The van der Waals surface area contributed by atoms with Gasteiger partial charge in [0.25, 0.3) is 0 Å². The van der Waals surface area contributed by atoms with Crippen LogP contribution in [-0.2, 0) is 44.8 Å². The van der Waals surface area contributed by atoms with Gasteiger partial charge < -0.3 is 22.0 Å². The van der Waals surface area contributed by atoms with Crippen LogP contribution >= 0.6 is 15.8 Å². The Morgan fingerprint density at radius 2 is 0.797 bits per heavy atom. The van der Waals surface area contributed by atoms with Crippen molar-refractivity contribution in [2.75, 3.05) is 12.3 Å². The second-order valence-electron chi connectivity index (χ2n) is 17.8. The molecule has 2 aromatic heterocycles. The number of rotatable bonds is 12. The van der Waals surface area contributed by atoms with E-state index in [9.17, 15) is 0 Å². The molecule has 0 aliphatic carbocycles. The molecule has 0 saturated heterocycles. The van der Waals surface area contributed by atoms with E-state index in [2.05, 4.69) is 252 Å². The van der Waals surface area contributed by atoms with Gasteiger partial charge in [0, 0.05) is 27.8 Å². The molecule has 0 spiro atoms. The van der Waals surface area contributed by atoms with Gasteiger partial charge in [-0.05, 0) is 116 Å². The van der Waals surface area contributed by atoms with Gasteiger partial charge in [0.2, 0.25) is 0 Å². The summed E-state index contributed by atoms with van der Waals surface area (Å²) in [6.07, 6.45) is 21.9. The first-order chi connectivity index (χ1) is 35.5. The Labute approximate surface area is 472 Å². The number of para-hydroxylation sites is 4. The average molecular weight is 1360 g/mol. The molecule has 11 aromatic rings. The van der Waals surface area contributed by atoms with Crippen LogP contribution in [0.1, 0.15) is 36.6 Å². The predicted molar refractivity (Wildman–Crippen MR) is 316 cm³/mol. The molecule has 6 heteroatoms. The molecule has 0 N–H and O–H groups in total. The monoisotopic (exact) mass is 1360 g/mol. The van der Waals surface area contributed by atoms with Crippen LogP contribution in [0.3, 0.4) is 0 Å². The summed E-state index contributed by atoms with van der Waals surface area (Å²) in [7, 11) is -1.43. The number of nitrogens with zero attached hydrogens (tertiary/aromatic N) is 2. The van der Waals surface area contributed by atoms with E-state index in [-0.39, 0.29) is 44.8 Å². The van der Waals surface area contributed by atoms with E-state index in [0.29, 0.717) is 0 Å². The molecular weight excluding hydrogens is 1300 g/mol. The second-order valence-corrected chi connectivity index (χ2v) is 23.0. The molecular formula is C68H58Au2N2P2+2. The molecule has 0 fully saturated rings. The van der Waals surface area contributed by atoms with Gasteiger partial charge in [-0.25, -0.2) is 0 Å². The topological polar surface area (TPSA) is 9.86 Å². The molecule has 0 unspecified atom stereocenters. The van der Waals surface area contributed by atoms with Crippen LogP contribution in [-0.4, -0.2) is 21.5 Å². The molecule has 9 aromatic carbocycles. The van der Waals surface area contributed by atoms with Crippen LogP contribution in [0.4, 0.5) is 0 Å². The van der Waals surface area contributed by atoms with Crippen molar-refractivity contribution in [1.82, 2.24) is 9.13 Å². The number of fused-ring (bicyclic) bond motifs is 4. The summed E-state index contributed by atoms with van der Waals surface area (Å²) in [4.78, 5) is 0. The number of hydrogen-bond acceptors (Lipinski definition) is 0. The van der Waals surface area contributed by atoms with Crippen molar-refractivity contribution < 1.29 is 44.8 Å². The van der Waals surface area contributed by atoms with Crippen molar-refractivity contribution in [3.05, 3.63) is 284 Å². The summed E-state index contributed by atoms with van der Waals surface area (Å²) >= 11 is 0. The van der Waals surface area contributed by atoms with Crippen molar-refractivity contribution in [1.29, 1.82) is 0 Å². The maximum atomic E-state index is 7.34. The minimum atomic E-state index is -0.714.